The average molecular weight is 233 g/mol. The van der Waals surface area contributed by atoms with Crippen LogP contribution >= 0.6 is 0 Å². The molecule has 0 aliphatic rings. The van der Waals surface area contributed by atoms with Crippen molar-refractivity contribution in [2.24, 2.45) is 0 Å². The van der Waals surface area contributed by atoms with E-state index in [0.717, 1.165) is 16.8 Å². The summed E-state index contributed by atoms with van der Waals surface area (Å²) in [5.74, 6) is 1.81. The Labute approximate surface area is 99.5 Å². The summed E-state index contributed by atoms with van der Waals surface area (Å²) in [7, 11) is 3.22. The molecule has 2 aromatic rings. The first-order valence-corrected chi connectivity index (χ1v) is 5.20. The van der Waals surface area contributed by atoms with E-state index in [-0.39, 0.29) is 0 Å². The van der Waals surface area contributed by atoms with Gasteiger partial charge in [0.05, 0.1) is 19.9 Å². The van der Waals surface area contributed by atoms with Crippen LogP contribution in [0.25, 0.3) is 11.3 Å². The highest BCUT2D eigenvalue weighted by atomic mass is 16.5. The van der Waals surface area contributed by atoms with E-state index in [1.807, 2.05) is 19.1 Å². The number of rotatable bonds is 3. The van der Waals surface area contributed by atoms with Gasteiger partial charge in [0.1, 0.15) is 5.82 Å². The number of nitrogens with zero attached hydrogens (tertiary/aromatic N) is 1. The maximum atomic E-state index is 5.61. The third-order valence-electron chi connectivity index (χ3n) is 2.62. The van der Waals surface area contributed by atoms with Crippen molar-refractivity contribution in [2.45, 2.75) is 6.92 Å². The van der Waals surface area contributed by atoms with Crippen molar-refractivity contribution in [3.05, 3.63) is 23.8 Å². The van der Waals surface area contributed by atoms with Crippen molar-refractivity contribution >= 4 is 5.82 Å². The van der Waals surface area contributed by atoms with Gasteiger partial charge in [0.2, 0.25) is 0 Å². The number of H-pyrrole nitrogens is 1. The molecule has 0 amide bonds. The molecule has 5 heteroatoms. The molecule has 0 aliphatic heterocycles. The number of anilines is 1. The van der Waals surface area contributed by atoms with Gasteiger partial charge < -0.3 is 15.2 Å². The highest BCUT2D eigenvalue weighted by Gasteiger charge is 2.16. The molecule has 3 N–H and O–H groups in total. The summed E-state index contributed by atoms with van der Waals surface area (Å²) in [4.78, 5) is 0. The van der Waals surface area contributed by atoms with Gasteiger partial charge in [-0.25, -0.2) is 0 Å². The van der Waals surface area contributed by atoms with Gasteiger partial charge >= 0.3 is 0 Å². The largest absolute Gasteiger partial charge is 0.493 e. The molecule has 0 unspecified atom stereocenters. The fourth-order valence-corrected chi connectivity index (χ4v) is 1.83. The molecule has 0 aliphatic carbocycles. The Kier molecular flexibility index (Phi) is 2.91. The van der Waals surface area contributed by atoms with Crippen molar-refractivity contribution in [3.63, 3.8) is 0 Å². The molecule has 0 fully saturated rings. The molecule has 0 bridgehead atoms. The Bertz CT molecular complexity index is 535. The topological polar surface area (TPSA) is 73.2 Å². The Morgan fingerprint density at radius 1 is 1.24 bits per heavy atom. The fourth-order valence-electron chi connectivity index (χ4n) is 1.83. The van der Waals surface area contributed by atoms with Crippen LogP contribution in [0.2, 0.25) is 0 Å². The predicted molar refractivity (Wildman–Crippen MR) is 66.3 cm³/mol. The molecule has 0 spiro atoms. The molecule has 90 valence electrons. The number of hydrogen-bond acceptors (Lipinski definition) is 4. The number of nitrogen functional groups attached to an aromatic ring is 1. The van der Waals surface area contributed by atoms with Gasteiger partial charge in [-0.3, -0.25) is 5.10 Å². The second-order valence-electron chi connectivity index (χ2n) is 3.70. The van der Waals surface area contributed by atoms with Crippen LogP contribution in [0.1, 0.15) is 5.56 Å². The molecule has 1 aromatic heterocycles. The van der Waals surface area contributed by atoms with Crippen molar-refractivity contribution in [3.8, 4) is 22.8 Å². The van der Waals surface area contributed by atoms with Crippen molar-refractivity contribution in [2.75, 3.05) is 20.0 Å². The SMILES string of the molecule is COc1ccc(C)c(-c2cc(N)n[nH]2)c1OC. The lowest BCUT2D eigenvalue weighted by Crippen LogP contribution is -1.95. The normalized spacial score (nSPS) is 10.3. The minimum absolute atomic E-state index is 0.448. The Hall–Kier alpha value is -2.17. The predicted octanol–water partition coefficient (Wildman–Crippen LogP) is 1.98. The number of aryl methyl sites for hydroxylation is 1. The van der Waals surface area contributed by atoms with Crippen molar-refractivity contribution in [1.82, 2.24) is 10.2 Å². The first-order valence-electron chi connectivity index (χ1n) is 5.20. The number of methoxy groups -OCH3 is 2. The molecular weight excluding hydrogens is 218 g/mol. The van der Waals surface area contributed by atoms with Gasteiger partial charge in [-0.2, -0.15) is 5.10 Å². The van der Waals surface area contributed by atoms with E-state index in [2.05, 4.69) is 10.2 Å². The van der Waals surface area contributed by atoms with E-state index >= 15 is 0 Å². The first kappa shape index (κ1) is 11.3. The van der Waals surface area contributed by atoms with Gasteiger partial charge in [0.15, 0.2) is 11.5 Å². The van der Waals surface area contributed by atoms with Crippen LogP contribution in [0.3, 0.4) is 0 Å². The summed E-state index contributed by atoms with van der Waals surface area (Å²) >= 11 is 0. The van der Waals surface area contributed by atoms with Crippen LogP contribution in [0, 0.1) is 6.92 Å². The summed E-state index contributed by atoms with van der Waals surface area (Å²) in [6.07, 6.45) is 0. The Morgan fingerprint density at radius 3 is 2.53 bits per heavy atom. The minimum Gasteiger partial charge on any atom is -0.493 e. The molecule has 0 radical (unpaired) electrons. The van der Waals surface area contributed by atoms with E-state index in [0.29, 0.717) is 17.3 Å². The summed E-state index contributed by atoms with van der Waals surface area (Å²) in [5.41, 5.74) is 8.40. The lowest BCUT2D eigenvalue weighted by molar-refractivity contribution is 0.356. The van der Waals surface area contributed by atoms with E-state index in [9.17, 15) is 0 Å². The summed E-state index contributed by atoms with van der Waals surface area (Å²) in [6, 6.07) is 5.61. The number of aromatic nitrogens is 2. The summed E-state index contributed by atoms with van der Waals surface area (Å²) in [5, 5.41) is 6.80. The molecular formula is C12H15N3O2. The van der Waals surface area contributed by atoms with Gasteiger partial charge in [0.25, 0.3) is 0 Å². The third-order valence-corrected chi connectivity index (χ3v) is 2.62. The average Bonchev–Trinajstić information content (AvgIpc) is 2.74. The molecule has 1 heterocycles. The molecule has 5 nitrogen and oxygen atoms in total. The number of ether oxygens (including phenoxy) is 2. The number of aromatic amines is 1. The highest BCUT2D eigenvalue weighted by molar-refractivity contribution is 5.75. The van der Waals surface area contributed by atoms with Gasteiger partial charge in [-0.05, 0) is 18.6 Å². The maximum absolute atomic E-state index is 5.61. The molecule has 2 rings (SSSR count). The molecule has 1 aromatic carbocycles. The van der Waals surface area contributed by atoms with Crippen LogP contribution in [0.5, 0.6) is 11.5 Å². The van der Waals surface area contributed by atoms with Gasteiger partial charge in [-0.15, -0.1) is 0 Å². The summed E-state index contributed by atoms with van der Waals surface area (Å²) in [6.45, 7) is 1.99. The lowest BCUT2D eigenvalue weighted by atomic mass is 10.0. The fraction of sp³-hybridized carbons (Fsp3) is 0.250. The van der Waals surface area contributed by atoms with Gasteiger partial charge in [0, 0.05) is 11.6 Å². The monoisotopic (exact) mass is 233 g/mol. The quantitative estimate of drug-likeness (QED) is 0.850. The van der Waals surface area contributed by atoms with E-state index in [1.54, 1.807) is 20.3 Å². The zero-order chi connectivity index (χ0) is 12.4. The first-order chi connectivity index (χ1) is 8.17. The Balaban J connectivity index is 2.66. The van der Waals surface area contributed by atoms with Crippen LogP contribution in [0.4, 0.5) is 5.82 Å². The van der Waals surface area contributed by atoms with Gasteiger partial charge in [-0.1, -0.05) is 6.07 Å². The van der Waals surface area contributed by atoms with Crippen LogP contribution in [0.15, 0.2) is 18.2 Å². The minimum atomic E-state index is 0.448. The second kappa shape index (κ2) is 4.37. The van der Waals surface area contributed by atoms with E-state index in [1.165, 1.54) is 0 Å². The number of benzene rings is 1. The molecule has 17 heavy (non-hydrogen) atoms. The number of nitrogens with one attached hydrogen (secondary N) is 1. The number of nitrogens with two attached hydrogens (primary N) is 1. The highest BCUT2D eigenvalue weighted by Crippen LogP contribution is 2.39. The standard InChI is InChI=1S/C12H15N3O2/c1-7-4-5-9(16-2)12(17-3)11(7)8-6-10(13)15-14-8/h4-6H,1-3H3,(H3,13,14,15). The maximum Gasteiger partial charge on any atom is 0.170 e. The van der Waals surface area contributed by atoms with E-state index < -0.39 is 0 Å². The van der Waals surface area contributed by atoms with Crippen LogP contribution in [-0.2, 0) is 0 Å². The second-order valence-corrected chi connectivity index (χ2v) is 3.70. The van der Waals surface area contributed by atoms with Crippen LogP contribution < -0.4 is 15.2 Å². The molecule has 0 saturated heterocycles. The molecule has 0 atom stereocenters. The summed E-state index contributed by atoms with van der Waals surface area (Å²) < 4.78 is 10.7. The van der Waals surface area contributed by atoms with E-state index in [4.69, 9.17) is 15.2 Å². The number of hydrogen-bond donors (Lipinski definition) is 2. The smallest absolute Gasteiger partial charge is 0.170 e. The lowest BCUT2D eigenvalue weighted by Gasteiger charge is -2.13. The molecule has 0 saturated carbocycles. The van der Waals surface area contributed by atoms with Crippen molar-refractivity contribution < 1.29 is 9.47 Å². The van der Waals surface area contributed by atoms with Crippen LogP contribution in [-0.4, -0.2) is 24.4 Å². The van der Waals surface area contributed by atoms with Crippen molar-refractivity contribution in [1.29, 1.82) is 0 Å². The Morgan fingerprint density at radius 2 is 2.00 bits per heavy atom. The zero-order valence-electron chi connectivity index (χ0n) is 10.1. The zero-order valence-corrected chi connectivity index (χ0v) is 10.1. The third kappa shape index (κ3) is 1.91.